The Morgan fingerprint density at radius 3 is 2.53 bits per heavy atom. The molecular weight excluding hydrogens is 374 g/mol. The Labute approximate surface area is 179 Å². The summed E-state index contributed by atoms with van der Waals surface area (Å²) in [7, 11) is 1.69. The van der Waals surface area contributed by atoms with E-state index in [1.165, 1.54) is 38.5 Å². The van der Waals surface area contributed by atoms with Crippen molar-refractivity contribution >= 4 is 17.6 Å². The number of carbonyl (C=O) groups excluding carboxylic acids is 1. The van der Waals surface area contributed by atoms with E-state index in [9.17, 15) is 4.79 Å². The molecule has 0 spiro atoms. The summed E-state index contributed by atoms with van der Waals surface area (Å²) in [6.07, 6.45) is 18.3. The molecule has 0 bridgehead atoms. The molecule has 2 N–H and O–H groups in total. The number of carbonyl (C=O) groups is 1. The van der Waals surface area contributed by atoms with E-state index in [0.29, 0.717) is 5.78 Å². The molecule has 0 aromatic carbocycles. The van der Waals surface area contributed by atoms with Crippen molar-refractivity contribution in [3.63, 3.8) is 0 Å². The number of nitrogens with zero attached hydrogens (tertiary/aromatic N) is 1. The van der Waals surface area contributed by atoms with Crippen LogP contribution in [0, 0.1) is 0 Å². The van der Waals surface area contributed by atoms with Gasteiger partial charge in [0.25, 0.3) is 0 Å². The van der Waals surface area contributed by atoms with Crippen LogP contribution in [0.1, 0.15) is 70.4 Å². The molecule has 2 aromatic rings. The predicted molar refractivity (Wildman–Crippen MR) is 124 cm³/mol. The van der Waals surface area contributed by atoms with Gasteiger partial charge in [-0.3, -0.25) is 4.99 Å². The molecule has 160 valence electrons. The number of allylic oxidation sites excluding steroid dienone is 2. The van der Waals surface area contributed by atoms with Gasteiger partial charge in [0.15, 0.2) is 0 Å². The van der Waals surface area contributed by atoms with Crippen LogP contribution in [-0.4, -0.2) is 28.6 Å². The highest BCUT2D eigenvalue weighted by molar-refractivity contribution is 5.99. The summed E-state index contributed by atoms with van der Waals surface area (Å²) < 4.78 is 5.52. The fraction of sp³-hybridized carbons (Fsp3) is 0.440. The molecule has 5 heteroatoms. The molecule has 0 unspecified atom stereocenters. The smallest absolute Gasteiger partial charge is 0.144 e. The average molecular weight is 408 g/mol. The van der Waals surface area contributed by atoms with Crippen LogP contribution in [-0.2, 0) is 4.79 Å². The zero-order chi connectivity index (χ0) is 21.2. The van der Waals surface area contributed by atoms with E-state index < -0.39 is 0 Å². The SMILES string of the molecule is COc1cc(-c2ccc[nH]2)[nH]c1C=C1C=CC(CCCCCCCCCC(C)=O)=N1. The summed E-state index contributed by atoms with van der Waals surface area (Å²) >= 11 is 0. The third kappa shape index (κ3) is 6.61. The second-order valence-electron chi connectivity index (χ2n) is 7.93. The van der Waals surface area contributed by atoms with E-state index in [-0.39, 0.29) is 0 Å². The molecule has 1 aliphatic heterocycles. The number of unbranched alkanes of at least 4 members (excludes halogenated alkanes) is 6. The molecule has 0 amide bonds. The first-order chi connectivity index (χ1) is 14.7. The number of hydrogen-bond acceptors (Lipinski definition) is 3. The lowest BCUT2D eigenvalue weighted by Crippen LogP contribution is -1.91. The van der Waals surface area contributed by atoms with Crippen molar-refractivity contribution in [1.82, 2.24) is 9.97 Å². The monoisotopic (exact) mass is 407 g/mol. The summed E-state index contributed by atoms with van der Waals surface area (Å²) in [5.74, 6) is 1.12. The van der Waals surface area contributed by atoms with E-state index in [1.54, 1.807) is 14.0 Å². The number of ketones is 1. The first kappa shape index (κ1) is 21.9. The van der Waals surface area contributed by atoms with Gasteiger partial charge in [0.05, 0.1) is 29.9 Å². The standard InChI is InChI=1S/C25H33N3O2/c1-19(29)11-8-6-4-3-5-7-9-12-20-14-15-21(27-20)17-24-25(30-2)18-23(28-24)22-13-10-16-26-22/h10,13-18,26,28H,3-9,11-12H2,1-2H3. The summed E-state index contributed by atoms with van der Waals surface area (Å²) in [5, 5.41) is 0. The molecule has 0 fully saturated rings. The van der Waals surface area contributed by atoms with Gasteiger partial charge < -0.3 is 19.5 Å². The van der Waals surface area contributed by atoms with Crippen molar-refractivity contribution in [2.75, 3.05) is 7.11 Å². The van der Waals surface area contributed by atoms with Crippen molar-refractivity contribution < 1.29 is 9.53 Å². The van der Waals surface area contributed by atoms with Crippen LogP contribution in [0.15, 0.2) is 47.2 Å². The minimum Gasteiger partial charge on any atom is -0.494 e. The quantitative estimate of drug-likeness (QED) is 0.374. The highest BCUT2D eigenvalue weighted by Gasteiger charge is 2.11. The number of Topliss-reactive ketones (excluding diaryl/α,β-unsaturated/α-hetero) is 1. The van der Waals surface area contributed by atoms with Gasteiger partial charge >= 0.3 is 0 Å². The van der Waals surface area contributed by atoms with Gasteiger partial charge in [0, 0.05) is 24.4 Å². The molecule has 2 aromatic heterocycles. The maximum absolute atomic E-state index is 10.9. The van der Waals surface area contributed by atoms with Crippen LogP contribution >= 0.6 is 0 Å². The lowest BCUT2D eigenvalue weighted by molar-refractivity contribution is -0.117. The van der Waals surface area contributed by atoms with Gasteiger partial charge in [0.1, 0.15) is 11.5 Å². The summed E-state index contributed by atoms with van der Waals surface area (Å²) in [6, 6.07) is 6.01. The first-order valence-electron chi connectivity index (χ1n) is 11.0. The molecule has 5 nitrogen and oxygen atoms in total. The van der Waals surface area contributed by atoms with Crippen LogP contribution in [0.3, 0.4) is 0 Å². The Morgan fingerprint density at radius 1 is 1.07 bits per heavy atom. The summed E-state index contributed by atoms with van der Waals surface area (Å²) in [5.41, 5.74) is 5.06. The highest BCUT2D eigenvalue weighted by Crippen LogP contribution is 2.29. The van der Waals surface area contributed by atoms with Crippen LogP contribution in [0.25, 0.3) is 17.5 Å². The Balaban J connectivity index is 1.42. The molecule has 30 heavy (non-hydrogen) atoms. The third-order valence-electron chi connectivity index (χ3n) is 5.39. The molecule has 0 saturated carbocycles. The van der Waals surface area contributed by atoms with Crippen LogP contribution in [0.4, 0.5) is 0 Å². The van der Waals surface area contributed by atoms with Crippen molar-refractivity contribution in [1.29, 1.82) is 0 Å². The molecule has 0 radical (unpaired) electrons. The number of hydrogen-bond donors (Lipinski definition) is 2. The van der Waals surface area contributed by atoms with E-state index >= 15 is 0 Å². The second kappa shape index (κ2) is 11.4. The Bertz CT molecular complexity index is 901. The zero-order valence-electron chi connectivity index (χ0n) is 18.2. The Kier molecular flexibility index (Phi) is 8.30. The van der Waals surface area contributed by atoms with Gasteiger partial charge in [0.2, 0.25) is 0 Å². The Morgan fingerprint density at radius 2 is 1.83 bits per heavy atom. The average Bonchev–Trinajstić information content (AvgIpc) is 3.47. The van der Waals surface area contributed by atoms with Crippen molar-refractivity contribution in [2.24, 2.45) is 4.99 Å². The lowest BCUT2D eigenvalue weighted by Gasteiger charge is -2.01. The molecule has 0 aliphatic carbocycles. The predicted octanol–water partition coefficient (Wildman–Crippen LogP) is 6.47. The molecule has 3 heterocycles. The second-order valence-corrected chi connectivity index (χ2v) is 7.93. The topological polar surface area (TPSA) is 70.2 Å². The maximum atomic E-state index is 10.9. The molecule has 0 atom stereocenters. The minimum atomic E-state index is 0.310. The van der Waals surface area contributed by atoms with Crippen LogP contribution < -0.4 is 4.74 Å². The number of H-pyrrole nitrogens is 2. The fourth-order valence-corrected chi connectivity index (χ4v) is 3.72. The molecular formula is C25H33N3O2. The van der Waals surface area contributed by atoms with Gasteiger partial charge in [-0.2, -0.15) is 0 Å². The van der Waals surface area contributed by atoms with E-state index in [4.69, 9.17) is 9.73 Å². The van der Waals surface area contributed by atoms with Crippen LogP contribution in [0.2, 0.25) is 0 Å². The molecule has 0 saturated heterocycles. The molecule has 1 aliphatic rings. The first-order valence-corrected chi connectivity index (χ1v) is 11.0. The number of nitrogens with one attached hydrogen (secondary N) is 2. The normalized spacial score (nSPS) is 14.5. The number of aromatic nitrogens is 2. The fourth-order valence-electron chi connectivity index (χ4n) is 3.72. The van der Waals surface area contributed by atoms with E-state index in [1.807, 2.05) is 30.5 Å². The van der Waals surface area contributed by atoms with Gasteiger partial charge in [-0.25, -0.2) is 0 Å². The van der Waals surface area contributed by atoms with Gasteiger partial charge in [-0.15, -0.1) is 0 Å². The Hall–Kier alpha value is -2.82. The lowest BCUT2D eigenvalue weighted by atomic mass is 10.1. The number of rotatable bonds is 13. The van der Waals surface area contributed by atoms with E-state index in [0.717, 1.165) is 53.5 Å². The zero-order valence-corrected chi connectivity index (χ0v) is 18.2. The third-order valence-corrected chi connectivity index (χ3v) is 5.39. The largest absolute Gasteiger partial charge is 0.494 e. The molecule has 3 rings (SSSR count). The number of aromatic amines is 2. The summed E-state index contributed by atoms with van der Waals surface area (Å²) in [4.78, 5) is 22.3. The highest BCUT2D eigenvalue weighted by atomic mass is 16.5. The van der Waals surface area contributed by atoms with E-state index in [2.05, 4.69) is 22.1 Å². The van der Waals surface area contributed by atoms with Crippen molar-refractivity contribution in [3.8, 4) is 17.1 Å². The summed E-state index contributed by atoms with van der Waals surface area (Å²) in [6.45, 7) is 1.68. The van der Waals surface area contributed by atoms with Crippen molar-refractivity contribution in [2.45, 2.75) is 64.7 Å². The van der Waals surface area contributed by atoms with Crippen LogP contribution in [0.5, 0.6) is 5.75 Å². The number of aliphatic imine (C=N–C) groups is 1. The van der Waals surface area contributed by atoms with Crippen molar-refractivity contribution in [3.05, 3.63) is 47.9 Å². The maximum Gasteiger partial charge on any atom is 0.144 e. The van der Waals surface area contributed by atoms with Gasteiger partial charge in [-0.05, 0) is 56.5 Å². The number of ether oxygens (including phenoxy) is 1. The minimum absolute atomic E-state index is 0.310. The number of methoxy groups -OCH3 is 1. The van der Waals surface area contributed by atoms with Gasteiger partial charge in [-0.1, -0.05) is 32.1 Å².